The van der Waals surface area contributed by atoms with Crippen LogP contribution in [0.1, 0.15) is 24.0 Å². The topological polar surface area (TPSA) is 73.6 Å². The number of methoxy groups -OCH3 is 2. The molecule has 1 aromatic rings. The van der Waals surface area contributed by atoms with Crippen LogP contribution in [-0.4, -0.2) is 44.2 Å². The van der Waals surface area contributed by atoms with Crippen LogP contribution in [0.15, 0.2) is 12.1 Å². The quantitative estimate of drug-likeness (QED) is 0.792. The van der Waals surface area contributed by atoms with Gasteiger partial charge in [0.25, 0.3) is 0 Å². The molecule has 5 nitrogen and oxygen atoms in total. The summed E-state index contributed by atoms with van der Waals surface area (Å²) in [4.78, 5) is 12.2. The number of rotatable bonds is 7. The Balaban J connectivity index is 2.01. The van der Waals surface area contributed by atoms with Gasteiger partial charge in [-0.05, 0) is 61.0 Å². The molecular weight excluding hydrogens is 312 g/mol. The first-order chi connectivity index (χ1) is 11.1. The van der Waals surface area contributed by atoms with Gasteiger partial charge in [0.1, 0.15) is 0 Å². The number of amides is 1. The average Bonchev–Trinajstić information content (AvgIpc) is 2.58. The van der Waals surface area contributed by atoms with Gasteiger partial charge in [-0.15, -0.1) is 0 Å². The minimum Gasteiger partial charge on any atom is -0.493 e. The van der Waals surface area contributed by atoms with Crippen LogP contribution in [0, 0.1) is 0 Å². The van der Waals surface area contributed by atoms with Crippen molar-refractivity contribution in [2.75, 3.05) is 26.2 Å². The van der Waals surface area contributed by atoms with Gasteiger partial charge in [0.15, 0.2) is 11.5 Å². The van der Waals surface area contributed by atoms with Crippen LogP contribution < -0.4 is 20.5 Å². The Bertz CT molecular complexity index is 551. The largest absolute Gasteiger partial charge is 0.493 e. The van der Waals surface area contributed by atoms with Gasteiger partial charge in [0.2, 0.25) is 5.91 Å². The molecule has 0 saturated heterocycles. The van der Waals surface area contributed by atoms with Crippen molar-refractivity contribution in [3.8, 4) is 11.5 Å². The number of nitrogens with two attached hydrogens (primary N) is 1. The lowest BCUT2D eigenvalue weighted by atomic mass is 9.87. The minimum absolute atomic E-state index is 0.0482. The Labute approximate surface area is 142 Å². The van der Waals surface area contributed by atoms with Gasteiger partial charge in [-0.25, -0.2) is 0 Å². The zero-order valence-corrected chi connectivity index (χ0v) is 14.9. The normalized spacial score (nSPS) is 18.0. The molecule has 0 bridgehead atoms. The van der Waals surface area contributed by atoms with Crippen LogP contribution in [0.5, 0.6) is 11.5 Å². The number of benzene rings is 1. The number of carbonyl (C=O) groups is 1. The van der Waals surface area contributed by atoms with Gasteiger partial charge < -0.3 is 20.5 Å². The lowest BCUT2D eigenvalue weighted by Crippen LogP contribution is -2.47. The number of ether oxygens (including phenoxy) is 2. The molecule has 0 heterocycles. The number of carbonyl (C=O) groups excluding carboxylic acids is 1. The molecule has 1 unspecified atom stereocenters. The van der Waals surface area contributed by atoms with Crippen LogP contribution in [0.25, 0.3) is 0 Å². The molecule has 0 radical (unpaired) electrons. The van der Waals surface area contributed by atoms with Gasteiger partial charge in [-0.1, -0.05) is 0 Å². The van der Waals surface area contributed by atoms with Crippen LogP contribution >= 0.6 is 11.8 Å². The van der Waals surface area contributed by atoms with Crippen molar-refractivity contribution in [1.29, 1.82) is 0 Å². The first-order valence-electron chi connectivity index (χ1n) is 7.87. The smallest absolute Gasteiger partial charge is 0.237 e. The second kappa shape index (κ2) is 8.45. The van der Waals surface area contributed by atoms with E-state index in [0.717, 1.165) is 36.5 Å². The van der Waals surface area contributed by atoms with E-state index in [-0.39, 0.29) is 11.9 Å². The van der Waals surface area contributed by atoms with Crippen LogP contribution in [0.4, 0.5) is 0 Å². The van der Waals surface area contributed by atoms with Crippen molar-refractivity contribution in [3.63, 3.8) is 0 Å². The highest BCUT2D eigenvalue weighted by Gasteiger charge is 2.24. The van der Waals surface area contributed by atoms with Gasteiger partial charge in [0.05, 0.1) is 20.3 Å². The Kier molecular flexibility index (Phi) is 6.59. The zero-order valence-electron chi connectivity index (χ0n) is 14.1. The average molecular weight is 338 g/mol. The van der Waals surface area contributed by atoms with E-state index in [1.54, 1.807) is 26.0 Å². The number of hydrogen-bond donors (Lipinski definition) is 2. The molecule has 0 aliphatic heterocycles. The first kappa shape index (κ1) is 17.9. The highest BCUT2D eigenvalue weighted by Crippen LogP contribution is 2.34. The molecule has 1 aliphatic rings. The Morgan fingerprint density at radius 2 is 2.00 bits per heavy atom. The highest BCUT2D eigenvalue weighted by atomic mass is 32.2. The summed E-state index contributed by atoms with van der Waals surface area (Å²) in [6.07, 6.45) is 5.37. The maximum absolute atomic E-state index is 12.2. The third-order valence-electron chi connectivity index (χ3n) is 4.25. The van der Waals surface area contributed by atoms with Gasteiger partial charge >= 0.3 is 0 Å². The minimum atomic E-state index is -0.422. The summed E-state index contributed by atoms with van der Waals surface area (Å²) < 4.78 is 10.7. The van der Waals surface area contributed by atoms with Crippen LogP contribution in [0.2, 0.25) is 0 Å². The summed E-state index contributed by atoms with van der Waals surface area (Å²) >= 11 is 1.71. The Hall–Kier alpha value is -1.40. The lowest BCUT2D eigenvalue weighted by molar-refractivity contribution is -0.123. The second-order valence-electron chi connectivity index (χ2n) is 5.81. The lowest BCUT2D eigenvalue weighted by Gasteiger charge is -2.27. The maximum atomic E-state index is 12.2. The molecule has 1 aliphatic carbocycles. The molecule has 2 rings (SSSR count). The SMILES string of the molecule is COc1cc2c(cc1OC)C[C@@H](NC(=O)C(N)CCSC)CC2. The maximum Gasteiger partial charge on any atom is 0.237 e. The molecule has 0 saturated carbocycles. The molecule has 1 aromatic carbocycles. The summed E-state index contributed by atoms with van der Waals surface area (Å²) in [5, 5.41) is 3.09. The van der Waals surface area contributed by atoms with E-state index < -0.39 is 6.04 Å². The predicted molar refractivity (Wildman–Crippen MR) is 94.5 cm³/mol. The van der Waals surface area contributed by atoms with Crippen molar-refractivity contribution in [1.82, 2.24) is 5.32 Å². The van der Waals surface area contributed by atoms with Crippen LogP contribution in [-0.2, 0) is 17.6 Å². The van der Waals surface area contributed by atoms with Crippen molar-refractivity contribution in [3.05, 3.63) is 23.3 Å². The fraction of sp³-hybridized carbons (Fsp3) is 0.588. The molecular formula is C17H26N2O3S. The molecule has 0 spiro atoms. The summed E-state index contributed by atoms with van der Waals surface area (Å²) in [6, 6.07) is 3.76. The van der Waals surface area contributed by atoms with E-state index in [2.05, 4.69) is 5.32 Å². The molecule has 3 N–H and O–H groups in total. The molecule has 2 atom stereocenters. The summed E-state index contributed by atoms with van der Waals surface area (Å²) in [5.41, 5.74) is 8.41. The number of hydrogen-bond acceptors (Lipinski definition) is 5. The number of aryl methyl sites for hydroxylation is 1. The molecule has 128 valence electrons. The molecule has 0 aromatic heterocycles. The molecule has 6 heteroatoms. The van der Waals surface area contributed by atoms with E-state index in [1.807, 2.05) is 18.4 Å². The second-order valence-corrected chi connectivity index (χ2v) is 6.80. The number of thioether (sulfide) groups is 1. The van der Waals surface area contributed by atoms with Crippen molar-refractivity contribution in [2.45, 2.75) is 37.8 Å². The number of nitrogens with one attached hydrogen (secondary N) is 1. The van der Waals surface area contributed by atoms with Crippen LogP contribution in [0.3, 0.4) is 0 Å². The molecule has 23 heavy (non-hydrogen) atoms. The van der Waals surface area contributed by atoms with Gasteiger partial charge in [0, 0.05) is 6.04 Å². The first-order valence-corrected chi connectivity index (χ1v) is 9.27. The Morgan fingerprint density at radius 3 is 2.61 bits per heavy atom. The van der Waals surface area contributed by atoms with E-state index in [9.17, 15) is 4.79 Å². The number of fused-ring (bicyclic) bond motifs is 1. The standard InChI is InChI=1S/C17H26N2O3S/c1-21-15-9-11-4-5-13(8-12(11)10-16(15)22-2)19-17(20)14(18)6-7-23-3/h9-10,13-14H,4-8,18H2,1-3H3,(H,19,20)/t13-,14?/m0/s1. The highest BCUT2D eigenvalue weighted by molar-refractivity contribution is 7.98. The third kappa shape index (κ3) is 4.54. The summed E-state index contributed by atoms with van der Waals surface area (Å²) in [5.74, 6) is 2.34. The van der Waals surface area contributed by atoms with Crippen molar-refractivity contribution < 1.29 is 14.3 Å². The monoisotopic (exact) mass is 338 g/mol. The fourth-order valence-electron chi connectivity index (χ4n) is 2.89. The van der Waals surface area contributed by atoms with Crippen molar-refractivity contribution >= 4 is 17.7 Å². The van der Waals surface area contributed by atoms with Crippen molar-refractivity contribution in [2.24, 2.45) is 5.73 Å². The fourth-order valence-corrected chi connectivity index (χ4v) is 3.38. The van der Waals surface area contributed by atoms with E-state index >= 15 is 0 Å². The van der Waals surface area contributed by atoms with E-state index in [4.69, 9.17) is 15.2 Å². The van der Waals surface area contributed by atoms with Gasteiger partial charge in [-0.2, -0.15) is 11.8 Å². The molecule has 1 amide bonds. The summed E-state index contributed by atoms with van der Waals surface area (Å²) in [7, 11) is 3.28. The van der Waals surface area contributed by atoms with E-state index in [1.165, 1.54) is 11.1 Å². The predicted octanol–water partition coefficient (Wildman–Crippen LogP) is 1.76. The third-order valence-corrected chi connectivity index (χ3v) is 4.89. The van der Waals surface area contributed by atoms with E-state index in [0.29, 0.717) is 6.42 Å². The Morgan fingerprint density at radius 1 is 1.35 bits per heavy atom. The molecule has 0 fully saturated rings. The summed E-state index contributed by atoms with van der Waals surface area (Å²) in [6.45, 7) is 0. The zero-order chi connectivity index (χ0) is 16.8. The van der Waals surface area contributed by atoms with Gasteiger partial charge in [-0.3, -0.25) is 4.79 Å².